The van der Waals surface area contributed by atoms with Crippen molar-refractivity contribution in [2.24, 2.45) is 7.05 Å². The van der Waals surface area contributed by atoms with Crippen molar-refractivity contribution in [3.8, 4) is 0 Å². The zero-order chi connectivity index (χ0) is 12.9. The van der Waals surface area contributed by atoms with Gasteiger partial charge in [0.25, 0.3) is 5.56 Å². The summed E-state index contributed by atoms with van der Waals surface area (Å²) in [7, 11) is 3.34. The smallest absolute Gasteiger partial charge is 0.329 e. The Balaban J connectivity index is 2.32. The molecule has 0 fully saturated rings. The normalized spacial score (nSPS) is 13.1. The van der Waals surface area contributed by atoms with Gasteiger partial charge in [-0.15, -0.1) is 0 Å². The molecule has 1 aromatic heterocycles. The number of para-hydroxylation sites is 1. The van der Waals surface area contributed by atoms with Gasteiger partial charge in [-0.05, 0) is 11.6 Å². The molecule has 1 N–H and O–H groups in total. The topological polar surface area (TPSA) is 58.1 Å². The van der Waals surface area contributed by atoms with Crippen LogP contribution in [-0.4, -0.2) is 16.6 Å². The Labute approximate surface area is 103 Å². The third-order valence-electron chi connectivity index (χ3n) is 3.43. The van der Waals surface area contributed by atoms with Crippen LogP contribution in [0.5, 0.6) is 0 Å². The molecule has 0 unspecified atom stereocenters. The average molecular weight is 243 g/mol. The first kappa shape index (κ1) is 10.8. The van der Waals surface area contributed by atoms with Crippen molar-refractivity contribution in [2.75, 3.05) is 11.9 Å². The summed E-state index contributed by atoms with van der Waals surface area (Å²) in [6, 6.07) is 7.88. The van der Waals surface area contributed by atoms with Gasteiger partial charge in [0.15, 0.2) is 0 Å². The number of hydrogen-bond acceptors (Lipinski definition) is 3. The highest BCUT2D eigenvalue weighted by Crippen LogP contribution is 2.33. The lowest BCUT2D eigenvalue weighted by Crippen LogP contribution is -2.39. The number of fused-ring (bicyclic) bond motifs is 2. The lowest BCUT2D eigenvalue weighted by atomic mass is 9.99. The average Bonchev–Trinajstić information content (AvgIpc) is 2.38. The number of H-pyrrole nitrogens is 1. The molecule has 0 aliphatic carbocycles. The summed E-state index contributed by atoms with van der Waals surface area (Å²) in [6.45, 7) is 0. The van der Waals surface area contributed by atoms with Crippen molar-refractivity contribution in [3.05, 3.63) is 56.2 Å². The molecule has 2 heterocycles. The van der Waals surface area contributed by atoms with E-state index in [1.54, 1.807) is 0 Å². The van der Waals surface area contributed by atoms with E-state index >= 15 is 0 Å². The second-order valence-corrected chi connectivity index (χ2v) is 4.49. The summed E-state index contributed by atoms with van der Waals surface area (Å²) in [5.74, 6) is 0.599. The maximum Gasteiger partial charge on any atom is 0.329 e. The molecule has 0 radical (unpaired) electrons. The Kier molecular flexibility index (Phi) is 2.16. The van der Waals surface area contributed by atoms with Crippen molar-refractivity contribution < 1.29 is 0 Å². The van der Waals surface area contributed by atoms with Gasteiger partial charge < -0.3 is 4.90 Å². The third-order valence-corrected chi connectivity index (χ3v) is 3.43. The minimum absolute atomic E-state index is 0.227. The van der Waals surface area contributed by atoms with E-state index in [0.717, 1.165) is 15.8 Å². The Morgan fingerprint density at radius 2 is 1.89 bits per heavy atom. The van der Waals surface area contributed by atoms with E-state index in [0.29, 0.717) is 17.8 Å². The van der Waals surface area contributed by atoms with E-state index in [1.165, 1.54) is 7.05 Å². The van der Waals surface area contributed by atoms with Crippen LogP contribution in [0.4, 0.5) is 11.5 Å². The van der Waals surface area contributed by atoms with Gasteiger partial charge in [0.05, 0.1) is 5.56 Å². The molecule has 0 saturated heterocycles. The first-order valence-corrected chi connectivity index (χ1v) is 5.73. The van der Waals surface area contributed by atoms with Crippen LogP contribution in [0.3, 0.4) is 0 Å². The largest absolute Gasteiger partial charge is 0.330 e. The highest BCUT2D eigenvalue weighted by Gasteiger charge is 2.23. The molecule has 0 atom stereocenters. The lowest BCUT2D eigenvalue weighted by molar-refractivity contribution is 0.750. The predicted molar refractivity (Wildman–Crippen MR) is 69.6 cm³/mol. The monoisotopic (exact) mass is 243 g/mol. The summed E-state index contributed by atoms with van der Waals surface area (Å²) < 4.78 is 1.11. The molecule has 0 saturated carbocycles. The van der Waals surface area contributed by atoms with Gasteiger partial charge in [-0.2, -0.15) is 0 Å². The van der Waals surface area contributed by atoms with Crippen LogP contribution < -0.4 is 16.1 Å². The summed E-state index contributed by atoms with van der Waals surface area (Å²) in [5.41, 5.74) is 2.14. The first-order valence-electron chi connectivity index (χ1n) is 5.73. The molecular formula is C13H13N3O2. The number of rotatable bonds is 0. The molecule has 1 aliphatic rings. The zero-order valence-electron chi connectivity index (χ0n) is 10.2. The fourth-order valence-corrected chi connectivity index (χ4v) is 2.40. The van der Waals surface area contributed by atoms with Crippen LogP contribution in [-0.2, 0) is 13.5 Å². The second kappa shape index (κ2) is 3.60. The summed E-state index contributed by atoms with van der Waals surface area (Å²) in [4.78, 5) is 28.4. The fraction of sp³-hybridized carbons (Fsp3) is 0.231. The molecule has 1 aliphatic heterocycles. The number of benzene rings is 1. The minimum Gasteiger partial charge on any atom is -0.330 e. The van der Waals surface area contributed by atoms with E-state index in [-0.39, 0.29) is 11.2 Å². The highest BCUT2D eigenvalue weighted by atomic mass is 16.2. The van der Waals surface area contributed by atoms with Crippen LogP contribution in [0.15, 0.2) is 33.9 Å². The van der Waals surface area contributed by atoms with Crippen LogP contribution in [0.25, 0.3) is 0 Å². The number of aromatic nitrogens is 2. The zero-order valence-corrected chi connectivity index (χ0v) is 10.2. The quantitative estimate of drug-likeness (QED) is 0.742. The van der Waals surface area contributed by atoms with E-state index in [4.69, 9.17) is 0 Å². The third kappa shape index (κ3) is 1.33. The Hall–Kier alpha value is -2.30. The number of nitrogens with zero attached hydrogens (tertiary/aromatic N) is 2. The Bertz CT molecular complexity index is 743. The maximum absolute atomic E-state index is 12.1. The van der Waals surface area contributed by atoms with E-state index < -0.39 is 0 Å². The van der Waals surface area contributed by atoms with Gasteiger partial charge in [-0.3, -0.25) is 14.3 Å². The molecular weight excluding hydrogens is 230 g/mol. The molecule has 3 rings (SSSR count). The minimum atomic E-state index is -0.384. The van der Waals surface area contributed by atoms with Crippen molar-refractivity contribution in [1.29, 1.82) is 0 Å². The van der Waals surface area contributed by atoms with Gasteiger partial charge in [0, 0.05) is 26.2 Å². The Morgan fingerprint density at radius 3 is 2.67 bits per heavy atom. The maximum atomic E-state index is 12.1. The van der Waals surface area contributed by atoms with Gasteiger partial charge in [0.1, 0.15) is 5.82 Å². The fourth-order valence-electron chi connectivity index (χ4n) is 2.40. The molecule has 5 nitrogen and oxygen atoms in total. The lowest BCUT2D eigenvalue weighted by Gasteiger charge is -2.28. The van der Waals surface area contributed by atoms with Crippen LogP contribution in [0, 0.1) is 0 Å². The van der Waals surface area contributed by atoms with E-state index in [1.807, 2.05) is 36.2 Å². The standard InChI is InChI=1S/C13H13N3O2/c1-15-10-6-4-3-5-8(10)7-9-11(15)14-13(18)16(2)12(9)17/h3-6H,7H2,1-2H3,(H,14,18). The van der Waals surface area contributed by atoms with Gasteiger partial charge in [0.2, 0.25) is 0 Å². The molecule has 18 heavy (non-hydrogen) atoms. The van der Waals surface area contributed by atoms with Crippen LogP contribution >= 0.6 is 0 Å². The Morgan fingerprint density at radius 1 is 1.17 bits per heavy atom. The summed E-state index contributed by atoms with van der Waals surface area (Å²) >= 11 is 0. The number of anilines is 2. The SMILES string of the molecule is CN1c2ccccc2Cc2c1[nH]c(=O)n(C)c2=O. The molecule has 2 aromatic rings. The predicted octanol–water partition coefficient (Wildman–Crippen LogP) is 0.746. The van der Waals surface area contributed by atoms with Crippen LogP contribution in [0.1, 0.15) is 11.1 Å². The summed E-state index contributed by atoms with van der Waals surface area (Å²) in [6.07, 6.45) is 0.555. The van der Waals surface area contributed by atoms with Gasteiger partial charge in [-0.1, -0.05) is 18.2 Å². The van der Waals surface area contributed by atoms with Crippen molar-refractivity contribution in [1.82, 2.24) is 9.55 Å². The number of nitrogens with one attached hydrogen (secondary N) is 1. The van der Waals surface area contributed by atoms with Crippen molar-refractivity contribution >= 4 is 11.5 Å². The molecule has 5 heteroatoms. The van der Waals surface area contributed by atoms with E-state index in [9.17, 15) is 9.59 Å². The summed E-state index contributed by atoms with van der Waals surface area (Å²) in [5, 5.41) is 0. The molecule has 0 amide bonds. The molecule has 1 aromatic carbocycles. The number of aromatic amines is 1. The first-order chi connectivity index (χ1) is 8.59. The molecule has 0 spiro atoms. The van der Waals surface area contributed by atoms with Crippen LogP contribution in [0.2, 0.25) is 0 Å². The number of hydrogen-bond donors (Lipinski definition) is 1. The van der Waals surface area contributed by atoms with Crippen molar-refractivity contribution in [3.63, 3.8) is 0 Å². The van der Waals surface area contributed by atoms with Gasteiger partial charge >= 0.3 is 5.69 Å². The van der Waals surface area contributed by atoms with Crippen molar-refractivity contribution in [2.45, 2.75) is 6.42 Å². The highest BCUT2D eigenvalue weighted by molar-refractivity contribution is 5.70. The van der Waals surface area contributed by atoms with E-state index in [2.05, 4.69) is 4.98 Å². The van der Waals surface area contributed by atoms with Gasteiger partial charge in [-0.25, -0.2) is 4.79 Å². The molecule has 0 bridgehead atoms. The second-order valence-electron chi connectivity index (χ2n) is 4.49. The molecule has 92 valence electrons.